The molecule has 0 fully saturated rings. The van der Waals surface area contributed by atoms with Gasteiger partial charge in [0, 0.05) is 3.57 Å². The first-order chi connectivity index (χ1) is 13.5. The first-order valence-corrected chi connectivity index (χ1v) is 13.8. The molecular weight excluding hydrogens is 491 g/mol. The molecule has 0 saturated carbocycles. The summed E-state index contributed by atoms with van der Waals surface area (Å²) >= 11 is 2.27. The predicted molar refractivity (Wildman–Crippen MR) is 131 cm³/mol. The molecular formula is C24H31IO3Si. The Labute approximate surface area is 189 Å². The minimum Gasteiger partial charge on any atom is -0.468 e. The van der Waals surface area contributed by atoms with Gasteiger partial charge in [-0.3, -0.25) is 4.79 Å². The van der Waals surface area contributed by atoms with E-state index in [0.29, 0.717) is 0 Å². The molecule has 0 aliphatic heterocycles. The second-order valence-electron chi connectivity index (χ2n) is 8.66. The molecule has 29 heavy (non-hydrogen) atoms. The molecule has 156 valence electrons. The van der Waals surface area contributed by atoms with E-state index in [0.717, 1.165) is 14.7 Å². The molecule has 3 nitrogen and oxygen atoms in total. The second-order valence-corrected chi connectivity index (χ2v) is 14.7. The van der Waals surface area contributed by atoms with Gasteiger partial charge in [-0.25, -0.2) is 0 Å². The van der Waals surface area contributed by atoms with Crippen LogP contribution in [-0.2, 0) is 14.0 Å². The molecule has 0 saturated heterocycles. The van der Waals surface area contributed by atoms with Gasteiger partial charge in [0.25, 0.3) is 0 Å². The summed E-state index contributed by atoms with van der Waals surface area (Å²) in [6, 6.07) is 18.1. The van der Waals surface area contributed by atoms with Gasteiger partial charge in [-0.1, -0.05) is 75.4 Å². The van der Waals surface area contributed by atoms with Gasteiger partial charge >= 0.3 is 5.97 Å². The first-order valence-electron chi connectivity index (χ1n) is 9.79. The van der Waals surface area contributed by atoms with Gasteiger partial charge in [0.15, 0.2) is 8.32 Å². The summed E-state index contributed by atoms with van der Waals surface area (Å²) in [6.07, 6.45) is 3.62. The van der Waals surface area contributed by atoms with Crippen LogP contribution in [0.25, 0.3) is 6.08 Å². The largest absolute Gasteiger partial charge is 0.468 e. The zero-order valence-corrected chi connectivity index (χ0v) is 21.3. The fraction of sp³-hybridized carbons (Fsp3) is 0.375. The molecule has 0 aromatic heterocycles. The van der Waals surface area contributed by atoms with E-state index in [-0.39, 0.29) is 11.0 Å². The van der Waals surface area contributed by atoms with Crippen LogP contribution in [-0.4, -0.2) is 27.5 Å². The average Bonchev–Trinajstić information content (AvgIpc) is 2.67. The van der Waals surface area contributed by atoms with Crippen molar-refractivity contribution in [2.75, 3.05) is 7.11 Å². The van der Waals surface area contributed by atoms with Crippen molar-refractivity contribution in [1.82, 2.24) is 0 Å². The van der Waals surface area contributed by atoms with Crippen molar-refractivity contribution in [3.8, 4) is 0 Å². The third-order valence-corrected chi connectivity index (χ3v) is 10.7. The van der Waals surface area contributed by atoms with E-state index in [1.54, 1.807) is 0 Å². The summed E-state index contributed by atoms with van der Waals surface area (Å²) in [7, 11) is -0.695. The maximum absolute atomic E-state index is 12.9. The molecule has 0 aliphatic carbocycles. The number of hydrogen-bond acceptors (Lipinski definition) is 3. The number of methoxy groups -OCH3 is 1. The summed E-state index contributed by atoms with van der Waals surface area (Å²) in [5.41, 5.74) is 1.97. The molecule has 0 unspecified atom stereocenters. The Morgan fingerprint density at radius 2 is 1.62 bits per heavy atom. The van der Waals surface area contributed by atoms with Crippen molar-refractivity contribution in [1.29, 1.82) is 0 Å². The van der Waals surface area contributed by atoms with E-state index in [2.05, 4.69) is 56.5 Å². The molecule has 2 atom stereocenters. The van der Waals surface area contributed by atoms with E-state index in [9.17, 15) is 4.79 Å². The molecule has 0 bridgehead atoms. The Bertz CT molecular complexity index is 823. The number of carbonyl (C=O) groups excluding carboxylic acids is 1. The molecule has 0 N–H and O–H groups in total. The maximum Gasteiger partial charge on any atom is 0.316 e. The van der Waals surface area contributed by atoms with Crippen molar-refractivity contribution >= 4 is 43.0 Å². The maximum atomic E-state index is 12.9. The highest BCUT2D eigenvalue weighted by atomic mass is 127. The SMILES string of the molecule is COC(=O)[C@@H](c1ccc(I)cc1)[C@@H](/C=C/c1ccccc1)O[Si](C)(C)C(C)(C)C. The minimum absolute atomic E-state index is 0.0264. The molecule has 0 amide bonds. The lowest BCUT2D eigenvalue weighted by atomic mass is 9.93. The molecule has 0 heterocycles. The van der Waals surface area contributed by atoms with Crippen molar-refractivity contribution in [3.63, 3.8) is 0 Å². The fourth-order valence-corrected chi connectivity index (χ4v) is 4.37. The molecule has 2 aromatic rings. The first kappa shape index (κ1) is 23.8. The van der Waals surface area contributed by atoms with Crippen LogP contribution in [0.2, 0.25) is 18.1 Å². The zero-order chi connectivity index (χ0) is 21.7. The van der Waals surface area contributed by atoms with Crippen molar-refractivity contribution < 1.29 is 14.0 Å². The second kappa shape index (κ2) is 10.0. The minimum atomic E-state index is -2.13. The van der Waals surface area contributed by atoms with Crippen LogP contribution in [0.4, 0.5) is 0 Å². The molecule has 2 aromatic carbocycles. The van der Waals surface area contributed by atoms with E-state index >= 15 is 0 Å². The lowest BCUT2D eigenvalue weighted by molar-refractivity contribution is -0.144. The lowest BCUT2D eigenvalue weighted by Gasteiger charge is -2.40. The molecule has 5 heteroatoms. The van der Waals surface area contributed by atoms with Crippen LogP contribution in [0.15, 0.2) is 60.7 Å². The van der Waals surface area contributed by atoms with Gasteiger partial charge in [-0.2, -0.15) is 0 Å². The Balaban J connectivity index is 2.50. The molecule has 0 radical (unpaired) electrons. The monoisotopic (exact) mass is 522 g/mol. The molecule has 0 aliphatic rings. The van der Waals surface area contributed by atoms with Crippen LogP contribution in [0, 0.1) is 3.57 Å². The third-order valence-electron chi connectivity index (χ3n) is 5.53. The van der Waals surface area contributed by atoms with Crippen molar-refractivity contribution in [3.05, 3.63) is 75.4 Å². The van der Waals surface area contributed by atoms with E-state index in [1.807, 2.05) is 66.7 Å². The highest BCUT2D eigenvalue weighted by Gasteiger charge is 2.42. The van der Waals surface area contributed by atoms with E-state index in [1.165, 1.54) is 7.11 Å². The van der Waals surface area contributed by atoms with Crippen molar-refractivity contribution in [2.45, 2.75) is 50.9 Å². The van der Waals surface area contributed by atoms with Gasteiger partial charge in [0.2, 0.25) is 0 Å². The summed E-state index contributed by atoms with van der Waals surface area (Å²) in [5, 5.41) is 0.0264. The normalized spacial score (nSPS) is 14.6. The summed E-state index contributed by atoms with van der Waals surface area (Å²) in [4.78, 5) is 12.9. The smallest absolute Gasteiger partial charge is 0.316 e. The molecule has 0 spiro atoms. The van der Waals surface area contributed by atoms with Gasteiger partial charge in [0.1, 0.15) is 5.92 Å². The van der Waals surface area contributed by atoms with Crippen LogP contribution >= 0.6 is 22.6 Å². The van der Waals surface area contributed by atoms with Crippen LogP contribution in [0.3, 0.4) is 0 Å². The number of rotatable bonds is 7. The highest BCUT2D eigenvalue weighted by Crippen LogP contribution is 2.39. The fourth-order valence-electron chi connectivity index (χ4n) is 2.76. The Morgan fingerprint density at radius 3 is 2.14 bits per heavy atom. The number of esters is 1. The number of benzene rings is 2. The Kier molecular flexibility index (Phi) is 8.25. The van der Waals surface area contributed by atoms with Crippen LogP contribution < -0.4 is 0 Å². The van der Waals surface area contributed by atoms with E-state index in [4.69, 9.17) is 9.16 Å². The lowest BCUT2D eigenvalue weighted by Crippen LogP contribution is -2.46. The Hall–Kier alpha value is -1.44. The number of hydrogen-bond donors (Lipinski definition) is 0. The standard InChI is InChI=1S/C24H31IO3Si/c1-24(2,3)29(5,6)28-21(17-12-18-10-8-7-9-11-18)22(23(26)27-4)19-13-15-20(25)16-14-19/h7-17,21-22H,1-6H3/b17-12+/t21-,22+/m1/s1. The predicted octanol–water partition coefficient (Wildman–Crippen LogP) is 6.65. The van der Waals surface area contributed by atoms with Gasteiger partial charge in [0.05, 0.1) is 13.2 Å². The zero-order valence-electron chi connectivity index (χ0n) is 18.1. The van der Waals surface area contributed by atoms with Crippen molar-refractivity contribution in [2.24, 2.45) is 0 Å². The summed E-state index contributed by atoms with van der Waals surface area (Å²) in [6.45, 7) is 11.0. The number of halogens is 1. The topological polar surface area (TPSA) is 35.5 Å². The van der Waals surface area contributed by atoms with Crippen LogP contribution in [0.1, 0.15) is 37.8 Å². The number of carbonyl (C=O) groups is 1. The van der Waals surface area contributed by atoms with Gasteiger partial charge in [-0.05, 0) is 64.0 Å². The van der Waals surface area contributed by atoms with Gasteiger partial charge in [-0.15, -0.1) is 0 Å². The number of ether oxygens (including phenoxy) is 1. The van der Waals surface area contributed by atoms with Crippen LogP contribution in [0.5, 0.6) is 0 Å². The summed E-state index contributed by atoms with van der Waals surface area (Å²) in [5.74, 6) is -0.807. The highest BCUT2D eigenvalue weighted by molar-refractivity contribution is 14.1. The average molecular weight is 522 g/mol. The third kappa shape index (κ3) is 6.52. The van der Waals surface area contributed by atoms with E-state index < -0.39 is 20.3 Å². The molecule has 2 rings (SSSR count). The Morgan fingerprint density at radius 1 is 1.03 bits per heavy atom. The summed E-state index contributed by atoms with van der Waals surface area (Å²) < 4.78 is 13.1. The quantitative estimate of drug-likeness (QED) is 0.232. The van der Waals surface area contributed by atoms with Gasteiger partial charge < -0.3 is 9.16 Å².